The van der Waals surface area contributed by atoms with Crippen LogP contribution in [0.4, 0.5) is 5.69 Å². The summed E-state index contributed by atoms with van der Waals surface area (Å²) in [6.45, 7) is 4.43. The Labute approximate surface area is 234 Å². The number of hydrogen-bond donors (Lipinski definition) is 2. The Morgan fingerprint density at radius 3 is 2.53 bits per heavy atom. The number of anilines is 1. The lowest BCUT2D eigenvalue weighted by molar-refractivity contribution is -0.144. The molecule has 38 heavy (non-hydrogen) atoms. The Balaban J connectivity index is 1.44. The average Bonchev–Trinajstić information content (AvgIpc) is 3.45. The number of nitrogens with zero attached hydrogens (tertiary/aromatic N) is 1. The van der Waals surface area contributed by atoms with Crippen molar-refractivity contribution in [2.45, 2.75) is 94.9 Å². The molecule has 2 bridgehead atoms. The highest BCUT2D eigenvalue weighted by Crippen LogP contribution is 2.59. The predicted octanol–water partition coefficient (Wildman–Crippen LogP) is 5.50. The van der Waals surface area contributed by atoms with Gasteiger partial charge in [0.15, 0.2) is 0 Å². The van der Waals surface area contributed by atoms with E-state index in [1.54, 1.807) is 23.1 Å². The second kappa shape index (κ2) is 10.8. The number of halogens is 2. The average molecular weight is 563 g/mol. The number of fused-ring (bicyclic) bond motifs is 1. The zero-order chi connectivity index (χ0) is 27.1. The minimum Gasteiger partial charge on any atom is -0.356 e. The van der Waals surface area contributed by atoms with Gasteiger partial charge in [-0.2, -0.15) is 0 Å². The largest absolute Gasteiger partial charge is 0.356 e. The monoisotopic (exact) mass is 561 g/mol. The molecule has 3 amide bonds. The second-order valence-corrected chi connectivity index (χ2v) is 12.2. The van der Waals surface area contributed by atoms with E-state index in [1.165, 1.54) is 6.42 Å². The summed E-state index contributed by atoms with van der Waals surface area (Å²) in [4.78, 5) is 43.3. The van der Waals surface area contributed by atoms with Crippen LogP contribution in [0.3, 0.4) is 0 Å². The summed E-state index contributed by atoms with van der Waals surface area (Å²) in [6.07, 6.45) is 12.9. The number of unbranched alkanes of at least 4 members (excludes halogenated alkanes) is 3. The van der Waals surface area contributed by atoms with Gasteiger partial charge in [-0.05, 0) is 44.4 Å². The van der Waals surface area contributed by atoms with Crippen molar-refractivity contribution in [2.24, 2.45) is 11.8 Å². The molecule has 1 aliphatic carbocycles. The van der Waals surface area contributed by atoms with E-state index in [0.29, 0.717) is 22.3 Å². The lowest BCUT2D eigenvalue weighted by atomic mass is 9.70. The molecule has 1 aromatic rings. The summed E-state index contributed by atoms with van der Waals surface area (Å²) in [5.74, 6) is -2.28. The first kappa shape index (κ1) is 27.5. The first-order valence-electron chi connectivity index (χ1n) is 14.0. The highest BCUT2D eigenvalue weighted by atomic mass is 35.5. The molecule has 3 heterocycles. The molecule has 9 heteroatoms. The number of likely N-dealkylation sites (tertiary alicyclic amines) is 1. The molecule has 0 radical (unpaired) electrons. The van der Waals surface area contributed by atoms with Crippen molar-refractivity contribution in [3.63, 3.8) is 0 Å². The Morgan fingerprint density at radius 2 is 1.82 bits per heavy atom. The normalized spacial score (nSPS) is 32.1. The van der Waals surface area contributed by atoms with Gasteiger partial charge in [0.2, 0.25) is 17.7 Å². The van der Waals surface area contributed by atoms with Crippen LogP contribution < -0.4 is 10.6 Å². The van der Waals surface area contributed by atoms with Crippen LogP contribution in [-0.4, -0.2) is 52.5 Å². The number of amides is 3. The number of rotatable bonds is 9. The fourth-order valence-corrected chi connectivity index (χ4v) is 7.20. The molecule has 0 aromatic heterocycles. The minimum atomic E-state index is -1.17. The van der Waals surface area contributed by atoms with Crippen molar-refractivity contribution in [3.8, 4) is 0 Å². The number of carbonyl (C=O) groups excluding carboxylic acids is 3. The zero-order valence-corrected chi connectivity index (χ0v) is 23.6. The third-order valence-corrected chi connectivity index (χ3v) is 9.46. The Morgan fingerprint density at radius 1 is 1.05 bits per heavy atom. The predicted molar refractivity (Wildman–Crippen MR) is 148 cm³/mol. The molecule has 2 saturated heterocycles. The smallest absolute Gasteiger partial charge is 0.246 e. The van der Waals surface area contributed by atoms with Crippen molar-refractivity contribution in [1.82, 2.24) is 10.2 Å². The SMILES string of the molecule is CCCCCCN1C(=O)[C@H]2C(C(=O)Nc3ccc(Cl)c(Cl)c3)[C@@]3(C)C=CC2(O3)C1C(=O)NC1CCCCC1. The van der Waals surface area contributed by atoms with Gasteiger partial charge < -0.3 is 20.3 Å². The number of carbonyl (C=O) groups is 3. The van der Waals surface area contributed by atoms with Gasteiger partial charge in [-0.1, -0.05) is 80.8 Å². The van der Waals surface area contributed by atoms with Crippen LogP contribution in [0.1, 0.15) is 71.6 Å². The van der Waals surface area contributed by atoms with Crippen LogP contribution in [0.25, 0.3) is 0 Å². The molecule has 4 aliphatic rings. The molecule has 7 nitrogen and oxygen atoms in total. The standard InChI is InChI=1S/C29H37Cl2N3O4/c1-3-4-5-9-16-34-24(26(36)32-18-10-7-6-8-11-18)29-15-14-28(2,38-29)22(23(29)27(34)37)25(35)33-19-12-13-20(30)21(31)17-19/h12-15,17-18,22-24H,3-11,16H2,1-2H3,(H,32,36)(H,33,35)/t22?,23-,24?,28-,29?/m1/s1. The van der Waals surface area contributed by atoms with Crippen molar-refractivity contribution in [2.75, 3.05) is 11.9 Å². The van der Waals surface area contributed by atoms with E-state index < -0.39 is 29.1 Å². The maximum Gasteiger partial charge on any atom is 0.246 e. The molecular weight excluding hydrogens is 525 g/mol. The fraction of sp³-hybridized carbons (Fsp3) is 0.621. The van der Waals surface area contributed by atoms with Gasteiger partial charge in [-0.15, -0.1) is 0 Å². The van der Waals surface area contributed by atoms with Gasteiger partial charge >= 0.3 is 0 Å². The van der Waals surface area contributed by atoms with E-state index in [-0.39, 0.29) is 23.8 Å². The third kappa shape index (κ3) is 4.75. The number of ether oxygens (including phenoxy) is 1. The molecule has 3 unspecified atom stereocenters. The molecule has 1 spiro atoms. The van der Waals surface area contributed by atoms with Crippen LogP contribution in [0.5, 0.6) is 0 Å². The molecule has 3 fully saturated rings. The fourth-order valence-electron chi connectivity index (χ4n) is 6.90. The van der Waals surface area contributed by atoms with Crippen LogP contribution in [0, 0.1) is 11.8 Å². The van der Waals surface area contributed by atoms with E-state index >= 15 is 0 Å². The maximum absolute atomic E-state index is 14.1. The van der Waals surface area contributed by atoms with Crippen molar-refractivity contribution in [1.29, 1.82) is 0 Å². The Bertz CT molecular complexity index is 1140. The molecule has 206 valence electrons. The minimum absolute atomic E-state index is 0.107. The summed E-state index contributed by atoms with van der Waals surface area (Å²) in [5, 5.41) is 6.86. The summed E-state index contributed by atoms with van der Waals surface area (Å²) < 4.78 is 6.59. The highest BCUT2D eigenvalue weighted by molar-refractivity contribution is 6.42. The van der Waals surface area contributed by atoms with Crippen LogP contribution in [-0.2, 0) is 19.1 Å². The van der Waals surface area contributed by atoms with Crippen LogP contribution in [0.15, 0.2) is 30.4 Å². The van der Waals surface area contributed by atoms with E-state index in [4.69, 9.17) is 27.9 Å². The molecule has 5 rings (SSSR count). The van der Waals surface area contributed by atoms with Gasteiger partial charge in [0, 0.05) is 18.3 Å². The topological polar surface area (TPSA) is 87.7 Å². The summed E-state index contributed by atoms with van der Waals surface area (Å²) in [7, 11) is 0. The van der Waals surface area contributed by atoms with Gasteiger partial charge in [0.1, 0.15) is 11.6 Å². The van der Waals surface area contributed by atoms with Gasteiger partial charge in [0.25, 0.3) is 0 Å². The quantitative estimate of drug-likeness (QED) is 0.307. The summed E-state index contributed by atoms with van der Waals surface area (Å²) in [6, 6.07) is 4.18. The van der Waals surface area contributed by atoms with E-state index in [2.05, 4.69) is 17.6 Å². The highest BCUT2D eigenvalue weighted by Gasteiger charge is 2.76. The van der Waals surface area contributed by atoms with Gasteiger partial charge in [-0.3, -0.25) is 14.4 Å². The van der Waals surface area contributed by atoms with Crippen molar-refractivity contribution < 1.29 is 19.1 Å². The summed E-state index contributed by atoms with van der Waals surface area (Å²) in [5.41, 5.74) is -1.69. The maximum atomic E-state index is 14.1. The van der Waals surface area contributed by atoms with Crippen molar-refractivity contribution >= 4 is 46.6 Å². The number of hydrogen-bond acceptors (Lipinski definition) is 4. The van der Waals surface area contributed by atoms with Gasteiger partial charge in [0.05, 0.1) is 27.5 Å². The number of benzene rings is 1. The van der Waals surface area contributed by atoms with Gasteiger partial charge in [-0.25, -0.2) is 0 Å². The second-order valence-electron chi connectivity index (χ2n) is 11.4. The summed E-state index contributed by atoms with van der Waals surface area (Å²) >= 11 is 12.2. The molecule has 1 aromatic carbocycles. The van der Waals surface area contributed by atoms with Crippen molar-refractivity contribution in [3.05, 3.63) is 40.4 Å². The molecule has 1 saturated carbocycles. The number of nitrogens with one attached hydrogen (secondary N) is 2. The lowest BCUT2D eigenvalue weighted by Gasteiger charge is -2.34. The zero-order valence-electron chi connectivity index (χ0n) is 22.1. The van der Waals surface area contributed by atoms with E-state index in [1.807, 2.05) is 19.1 Å². The van der Waals surface area contributed by atoms with E-state index in [0.717, 1.165) is 51.4 Å². The van der Waals surface area contributed by atoms with Crippen LogP contribution in [0.2, 0.25) is 10.0 Å². The molecule has 2 N–H and O–H groups in total. The third-order valence-electron chi connectivity index (χ3n) is 8.72. The molecular formula is C29H37Cl2N3O4. The molecule has 3 aliphatic heterocycles. The molecule has 5 atom stereocenters. The Kier molecular flexibility index (Phi) is 7.82. The lowest BCUT2D eigenvalue weighted by Crippen LogP contribution is -2.56. The van der Waals surface area contributed by atoms with Crippen LogP contribution >= 0.6 is 23.2 Å². The Hall–Kier alpha value is -2.09. The van der Waals surface area contributed by atoms with E-state index in [9.17, 15) is 14.4 Å². The first-order chi connectivity index (χ1) is 18.2. The first-order valence-corrected chi connectivity index (χ1v) is 14.7.